The van der Waals surface area contributed by atoms with Gasteiger partial charge < -0.3 is 10.2 Å². The van der Waals surface area contributed by atoms with Gasteiger partial charge in [0, 0.05) is 0 Å². The Morgan fingerprint density at radius 1 is 1.42 bits per heavy atom. The van der Waals surface area contributed by atoms with E-state index in [1.165, 1.54) is 0 Å². The van der Waals surface area contributed by atoms with Crippen molar-refractivity contribution in [3.63, 3.8) is 0 Å². The number of hydrogen-bond donors (Lipinski definition) is 2. The quantitative estimate of drug-likeness (QED) is 0.695. The molecule has 0 spiro atoms. The van der Waals surface area contributed by atoms with E-state index in [0.29, 0.717) is 0 Å². The van der Waals surface area contributed by atoms with Crippen LogP contribution in [0.25, 0.3) is 0 Å². The van der Waals surface area contributed by atoms with Gasteiger partial charge in [-0.2, -0.15) is 13.2 Å². The summed E-state index contributed by atoms with van der Waals surface area (Å²) in [6.07, 6.45) is -6.87. The molecule has 0 aromatic carbocycles. The van der Waals surface area contributed by atoms with Gasteiger partial charge in [-0.3, -0.25) is 4.79 Å². The Hall–Kier alpha value is -0.780. The summed E-state index contributed by atoms with van der Waals surface area (Å²) < 4.78 is 35.9. The maximum absolute atomic E-state index is 12.0. The van der Waals surface area contributed by atoms with Crippen LogP contribution in [0.15, 0.2) is 0 Å². The minimum Gasteiger partial charge on any atom is -0.481 e. The van der Waals surface area contributed by atoms with Crippen LogP contribution >= 0.6 is 0 Å². The van der Waals surface area contributed by atoms with Crippen LogP contribution in [0.5, 0.6) is 0 Å². The van der Waals surface area contributed by atoms with Gasteiger partial charge in [-0.15, -0.1) is 0 Å². The summed E-state index contributed by atoms with van der Waals surface area (Å²) in [6.45, 7) is 1.08. The van der Waals surface area contributed by atoms with Gasteiger partial charge in [-0.1, -0.05) is 6.92 Å². The van der Waals surface area contributed by atoms with Crippen LogP contribution in [0.2, 0.25) is 0 Å². The molecule has 0 aromatic rings. The number of rotatable bonds is 3. The van der Waals surface area contributed by atoms with Gasteiger partial charge in [0.25, 0.3) is 0 Å². The van der Waals surface area contributed by atoms with Gasteiger partial charge in [-0.05, 0) is 6.42 Å². The minimum atomic E-state index is -4.89. The van der Waals surface area contributed by atoms with Gasteiger partial charge in [0.2, 0.25) is 0 Å². The van der Waals surface area contributed by atoms with Crippen molar-refractivity contribution in [2.45, 2.75) is 31.5 Å². The molecule has 0 rings (SSSR count). The lowest BCUT2D eigenvalue weighted by atomic mass is 9.96. The maximum Gasteiger partial charge on any atom is 0.417 e. The molecule has 12 heavy (non-hydrogen) atoms. The zero-order valence-corrected chi connectivity index (χ0v) is 6.35. The third-order valence-corrected chi connectivity index (χ3v) is 1.56. The van der Waals surface area contributed by atoms with Crippen molar-refractivity contribution in [1.29, 1.82) is 0 Å². The van der Waals surface area contributed by atoms with Gasteiger partial charge in [0.15, 0.2) is 5.60 Å². The van der Waals surface area contributed by atoms with Crippen molar-refractivity contribution < 1.29 is 28.2 Å². The van der Waals surface area contributed by atoms with Gasteiger partial charge in [0.1, 0.15) is 0 Å². The first-order valence-corrected chi connectivity index (χ1v) is 3.24. The smallest absolute Gasteiger partial charge is 0.417 e. The summed E-state index contributed by atoms with van der Waals surface area (Å²) >= 11 is 0. The number of hydrogen-bond acceptors (Lipinski definition) is 2. The lowest BCUT2D eigenvalue weighted by molar-refractivity contribution is -0.263. The Labute approximate surface area is 66.8 Å². The van der Waals surface area contributed by atoms with Crippen LogP contribution in [-0.2, 0) is 4.79 Å². The summed E-state index contributed by atoms with van der Waals surface area (Å²) in [5.74, 6) is -1.67. The summed E-state index contributed by atoms with van der Waals surface area (Å²) in [6, 6.07) is 0. The predicted octanol–water partition coefficient (Wildman–Crippen LogP) is 1.16. The Morgan fingerprint density at radius 3 is 1.92 bits per heavy atom. The van der Waals surface area contributed by atoms with E-state index in [1.807, 2.05) is 0 Å². The standard InChI is InChI=1S/C6H9F3O3/c1-2-5(12,3-4(10)11)6(7,8)9/h12H,2-3H2,1H3,(H,10,11). The van der Waals surface area contributed by atoms with E-state index < -0.39 is 30.6 Å². The number of carboxylic acids is 1. The lowest BCUT2D eigenvalue weighted by Gasteiger charge is -2.27. The first-order valence-electron chi connectivity index (χ1n) is 3.24. The van der Waals surface area contributed by atoms with Gasteiger partial charge in [0.05, 0.1) is 6.42 Å². The maximum atomic E-state index is 12.0. The van der Waals surface area contributed by atoms with Crippen LogP contribution in [0.3, 0.4) is 0 Å². The zero-order valence-electron chi connectivity index (χ0n) is 6.35. The molecular weight excluding hydrogens is 177 g/mol. The van der Waals surface area contributed by atoms with E-state index in [1.54, 1.807) is 0 Å². The third kappa shape index (κ3) is 2.37. The molecular formula is C6H9F3O3. The lowest BCUT2D eigenvalue weighted by Crippen LogP contribution is -2.46. The molecule has 1 atom stereocenters. The Morgan fingerprint density at radius 2 is 1.83 bits per heavy atom. The number of alkyl halides is 3. The summed E-state index contributed by atoms with van der Waals surface area (Å²) in [7, 11) is 0. The first kappa shape index (κ1) is 11.2. The van der Waals surface area contributed by atoms with Crippen molar-refractivity contribution in [2.75, 3.05) is 0 Å². The number of carboxylic acid groups (broad SMARTS) is 1. The molecule has 0 saturated carbocycles. The normalized spacial score (nSPS) is 17.1. The van der Waals surface area contributed by atoms with Crippen LogP contribution in [-0.4, -0.2) is 28.0 Å². The molecule has 0 aliphatic heterocycles. The summed E-state index contributed by atoms with van der Waals surface area (Å²) in [5.41, 5.74) is -3.10. The van der Waals surface area contributed by atoms with Gasteiger partial charge >= 0.3 is 12.1 Å². The fourth-order valence-electron chi connectivity index (χ4n) is 0.676. The SMILES string of the molecule is CCC(O)(CC(=O)O)C(F)(F)F. The van der Waals surface area contributed by atoms with Gasteiger partial charge in [-0.25, -0.2) is 0 Å². The molecule has 0 aliphatic rings. The largest absolute Gasteiger partial charge is 0.481 e. The molecule has 0 aromatic heterocycles. The van der Waals surface area contributed by atoms with Crippen LogP contribution in [0.4, 0.5) is 13.2 Å². The predicted molar refractivity (Wildman–Crippen MR) is 33.5 cm³/mol. The molecule has 0 radical (unpaired) electrons. The molecule has 0 amide bonds. The van der Waals surface area contributed by atoms with Crippen molar-refractivity contribution >= 4 is 5.97 Å². The molecule has 3 nitrogen and oxygen atoms in total. The highest BCUT2D eigenvalue weighted by atomic mass is 19.4. The molecule has 0 aliphatic carbocycles. The van der Waals surface area contributed by atoms with Crippen LogP contribution in [0.1, 0.15) is 19.8 Å². The van der Waals surface area contributed by atoms with Crippen molar-refractivity contribution in [3.05, 3.63) is 0 Å². The first-order chi connectivity index (χ1) is 5.23. The van der Waals surface area contributed by atoms with Crippen molar-refractivity contribution in [3.8, 4) is 0 Å². The fraction of sp³-hybridized carbons (Fsp3) is 0.833. The van der Waals surface area contributed by atoms with E-state index in [4.69, 9.17) is 10.2 Å². The van der Waals surface area contributed by atoms with Crippen molar-refractivity contribution in [2.24, 2.45) is 0 Å². The average molecular weight is 186 g/mol. The number of aliphatic hydroxyl groups is 1. The van der Waals surface area contributed by atoms with E-state index >= 15 is 0 Å². The average Bonchev–Trinajstić information content (AvgIpc) is 1.83. The van der Waals surface area contributed by atoms with E-state index in [-0.39, 0.29) is 0 Å². The third-order valence-electron chi connectivity index (χ3n) is 1.56. The highest BCUT2D eigenvalue weighted by Crippen LogP contribution is 2.35. The molecule has 2 N–H and O–H groups in total. The summed E-state index contributed by atoms with van der Waals surface area (Å²) in [5, 5.41) is 16.9. The topological polar surface area (TPSA) is 57.5 Å². The second-order valence-corrected chi connectivity index (χ2v) is 2.45. The number of aliphatic carboxylic acids is 1. The molecule has 0 heterocycles. The molecule has 0 fully saturated rings. The van der Waals surface area contributed by atoms with Crippen LogP contribution < -0.4 is 0 Å². The zero-order chi connectivity index (χ0) is 9.99. The molecule has 0 bridgehead atoms. The Balaban J connectivity index is 4.56. The molecule has 6 heteroatoms. The molecule has 0 saturated heterocycles. The van der Waals surface area contributed by atoms with Crippen LogP contribution in [0, 0.1) is 0 Å². The summed E-state index contributed by atoms with van der Waals surface area (Å²) in [4.78, 5) is 9.96. The highest BCUT2D eigenvalue weighted by molar-refractivity contribution is 5.68. The Kier molecular flexibility index (Phi) is 3.09. The second kappa shape index (κ2) is 3.30. The van der Waals surface area contributed by atoms with E-state index in [0.717, 1.165) is 6.92 Å². The van der Waals surface area contributed by atoms with E-state index in [2.05, 4.69) is 0 Å². The fourth-order valence-corrected chi connectivity index (χ4v) is 0.676. The molecule has 72 valence electrons. The van der Waals surface area contributed by atoms with Crippen molar-refractivity contribution in [1.82, 2.24) is 0 Å². The second-order valence-electron chi connectivity index (χ2n) is 2.45. The monoisotopic (exact) mass is 186 g/mol. The highest BCUT2D eigenvalue weighted by Gasteiger charge is 2.53. The number of carbonyl (C=O) groups is 1. The van der Waals surface area contributed by atoms with E-state index in [9.17, 15) is 18.0 Å². The molecule has 1 unspecified atom stereocenters. The Bertz CT molecular complexity index is 177. The minimum absolute atomic E-state index is 0.664. The number of halogens is 3.